The monoisotopic (exact) mass is 421 g/mol. The highest BCUT2D eigenvalue weighted by molar-refractivity contribution is 6.42. The maximum atomic E-state index is 12.4. The van der Waals surface area contributed by atoms with Crippen LogP contribution in [0, 0.1) is 0 Å². The van der Waals surface area contributed by atoms with Crippen molar-refractivity contribution < 1.29 is 9.53 Å². The molecule has 1 amide bonds. The Morgan fingerprint density at radius 1 is 1.04 bits per heavy atom. The van der Waals surface area contributed by atoms with Crippen molar-refractivity contribution in [2.45, 2.75) is 13.5 Å². The van der Waals surface area contributed by atoms with Crippen molar-refractivity contribution in [2.75, 3.05) is 44.6 Å². The summed E-state index contributed by atoms with van der Waals surface area (Å²) >= 11 is 12.1. The number of nitrogens with one attached hydrogen (secondary N) is 1. The lowest BCUT2D eigenvalue weighted by molar-refractivity contribution is -0.117. The van der Waals surface area contributed by atoms with Crippen molar-refractivity contribution >= 4 is 34.8 Å². The molecular weight excluding hydrogens is 397 g/mol. The number of ether oxygens (including phenoxy) is 1. The molecule has 0 spiro atoms. The molecule has 0 aliphatic carbocycles. The molecule has 5 nitrogen and oxygen atoms in total. The van der Waals surface area contributed by atoms with Crippen molar-refractivity contribution in [1.29, 1.82) is 0 Å². The second-order valence-corrected chi connectivity index (χ2v) is 7.59. The van der Waals surface area contributed by atoms with Crippen LogP contribution in [0.2, 0.25) is 10.0 Å². The van der Waals surface area contributed by atoms with Gasteiger partial charge < -0.3 is 10.1 Å². The fourth-order valence-corrected chi connectivity index (χ4v) is 3.57. The molecule has 0 radical (unpaired) electrons. The predicted octanol–water partition coefficient (Wildman–Crippen LogP) is 4.15. The van der Waals surface area contributed by atoms with Crippen LogP contribution in [0.5, 0.6) is 5.75 Å². The van der Waals surface area contributed by atoms with E-state index in [2.05, 4.69) is 15.1 Å². The van der Waals surface area contributed by atoms with E-state index in [0.717, 1.165) is 38.3 Å². The molecular formula is C21H25Cl2N3O2. The normalized spacial score (nSPS) is 15.4. The van der Waals surface area contributed by atoms with Crippen LogP contribution in [0.15, 0.2) is 42.5 Å². The molecule has 3 rings (SSSR count). The molecule has 0 aromatic heterocycles. The van der Waals surface area contributed by atoms with Gasteiger partial charge in [-0.15, -0.1) is 0 Å². The molecule has 2 aromatic rings. The zero-order chi connectivity index (χ0) is 19.9. The molecule has 1 heterocycles. The van der Waals surface area contributed by atoms with Gasteiger partial charge in [0.15, 0.2) is 0 Å². The van der Waals surface area contributed by atoms with Crippen LogP contribution in [0.4, 0.5) is 5.69 Å². The van der Waals surface area contributed by atoms with E-state index in [0.29, 0.717) is 34.6 Å². The fraction of sp³-hybridized carbons (Fsp3) is 0.381. The number of halogens is 2. The van der Waals surface area contributed by atoms with E-state index in [1.54, 1.807) is 0 Å². The van der Waals surface area contributed by atoms with Gasteiger partial charge in [0.1, 0.15) is 5.75 Å². The highest BCUT2D eigenvalue weighted by Crippen LogP contribution is 2.24. The number of nitrogens with zero attached hydrogens (tertiary/aromatic N) is 2. The summed E-state index contributed by atoms with van der Waals surface area (Å²) in [6, 6.07) is 13.3. The molecule has 0 bridgehead atoms. The molecule has 0 atom stereocenters. The molecule has 1 saturated heterocycles. The number of anilines is 1. The Bertz CT molecular complexity index is 808. The lowest BCUT2D eigenvalue weighted by atomic mass is 10.2. The number of hydrogen-bond acceptors (Lipinski definition) is 4. The predicted molar refractivity (Wildman–Crippen MR) is 114 cm³/mol. The van der Waals surface area contributed by atoms with E-state index in [9.17, 15) is 4.79 Å². The van der Waals surface area contributed by atoms with Gasteiger partial charge >= 0.3 is 0 Å². The van der Waals surface area contributed by atoms with Gasteiger partial charge in [0.25, 0.3) is 0 Å². The summed E-state index contributed by atoms with van der Waals surface area (Å²) in [4.78, 5) is 17.0. The third-order valence-corrected chi connectivity index (χ3v) is 5.42. The van der Waals surface area contributed by atoms with E-state index >= 15 is 0 Å². The highest BCUT2D eigenvalue weighted by Gasteiger charge is 2.19. The van der Waals surface area contributed by atoms with Crippen LogP contribution in [0.1, 0.15) is 12.5 Å². The lowest BCUT2D eigenvalue weighted by Gasteiger charge is -2.34. The van der Waals surface area contributed by atoms with Crippen molar-refractivity contribution in [1.82, 2.24) is 9.80 Å². The van der Waals surface area contributed by atoms with E-state index < -0.39 is 0 Å². The second-order valence-electron chi connectivity index (χ2n) is 6.78. The smallest absolute Gasteiger partial charge is 0.238 e. The van der Waals surface area contributed by atoms with Crippen LogP contribution < -0.4 is 10.1 Å². The number of carbonyl (C=O) groups excluding carboxylic acids is 1. The molecule has 2 aromatic carbocycles. The minimum absolute atomic E-state index is 0.0231. The second kappa shape index (κ2) is 10.1. The minimum Gasteiger partial charge on any atom is -0.492 e. The number of para-hydroxylation sites is 2. The number of hydrogen-bond donors (Lipinski definition) is 1. The van der Waals surface area contributed by atoms with E-state index in [1.165, 1.54) is 0 Å². The van der Waals surface area contributed by atoms with Crippen molar-refractivity contribution in [3.63, 3.8) is 0 Å². The van der Waals surface area contributed by atoms with Crippen LogP contribution in [-0.4, -0.2) is 55.0 Å². The van der Waals surface area contributed by atoms with Crippen LogP contribution in [-0.2, 0) is 11.3 Å². The molecule has 1 aliphatic heterocycles. The number of amides is 1. The van der Waals surface area contributed by atoms with Crippen LogP contribution in [0.3, 0.4) is 0 Å². The average molecular weight is 422 g/mol. The van der Waals surface area contributed by atoms with Gasteiger partial charge in [-0.25, -0.2) is 0 Å². The Balaban J connectivity index is 1.46. The molecule has 7 heteroatoms. The number of benzene rings is 2. The molecule has 1 N–H and O–H groups in total. The Morgan fingerprint density at radius 3 is 2.46 bits per heavy atom. The van der Waals surface area contributed by atoms with Gasteiger partial charge in [0.2, 0.25) is 5.91 Å². The van der Waals surface area contributed by atoms with Crippen LogP contribution >= 0.6 is 23.2 Å². The molecule has 0 unspecified atom stereocenters. The first kappa shape index (κ1) is 20.9. The summed E-state index contributed by atoms with van der Waals surface area (Å²) in [6.07, 6.45) is 0. The minimum atomic E-state index is -0.0231. The Morgan fingerprint density at radius 2 is 1.75 bits per heavy atom. The summed E-state index contributed by atoms with van der Waals surface area (Å²) < 4.78 is 5.56. The fourth-order valence-electron chi connectivity index (χ4n) is 3.25. The SMILES string of the molecule is CCOc1ccccc1NC(=O)CN1CCN(Cc2ccc(Cl)c(Cl)c2)CC1. The third kappa shape index (κ3) is 5.85. The Hall–Kier alpha value is -1.79. The summed E-state index contributed by atoms with van der Waals surface area (Å²) in [5.74, 6) is 0.676. The van der Waals surface area contributed by atoms with E-state index in [1.807, 2.05) is 49.4 Å². The quantitative estimate of drug-likeness (QED) is 0.728. The molecule has 1 aliphatic rings. The van der Waals surface area contributed by atoms with Crippen molar-refractivity contribution in [3.05, 3.63) is 58.1 Å². The topological polar surface area (TPSA) is 44.8 Å². The van der Waals surface area contributed by atoms with Crippen LogP contribution in [0.25, 0.3) is 0 Å². The standard InChI is InChI=1S/C21H25Cl2N3O2/c1-2-28-20-6-4-3-5-19(20)24-21(27)15-26-11-9-25(10-12-26)14-16-7-8-17(22)18(23)13-16/h3-8,13H,2,9-12,14-15H2,1H3,(H,24,27). The number of carbonyl (C=O) groups is 1. The molecule has 28 heavy (non-hydrogen) atoms. The van der Waals surface area contributed by atoms with Crippen molar-refractivity contribution in [3.8, 4) is 5.75 Å². The van der Waals surface area contributed by atoms with Gasteiger partial charge in [0.05, 0.1) is 28.9 Å². The Labute approximate surface area is 176 Å². The van der Waals surface area contributed by atoms with Crippen molar-refractivity contribution in [2.24, 2.45) is 0 Å². The maximum Gasteiger partial charge on any atom is 0.238 e. The van der Waals surface area contributed by atoms with E-state index in [4.69, 9.17) is 27.9 Å². The summed E-state index contributed by atoms with van der Waals surface area (Å²) in [5.41, 5.74) is 1.86. The Kier molecular flexibility index (Phi) is 7.57. The largest absolute Gasteiger partial charge is 0.492 e. The first-order chi connectivity index (χ1) is 13.5. The first-order valence-electron chi connectivity index (χ1n) is 9.45. The zero-order valence-electron chi connectivity index (χ0n) is 16.0. The van der Waals surface area contributed by atoms with E-state index in [-0.39, 0.29) is 5.91 Å². The summed E-state index contributed by atoms with van der Waals surface area (Å²) in [6.45, 7) is 7.21. The van der Waals surface area contributed by atoms with Gasteiger partial charge in [-0.1, -0.05) is 41.4 Å². The number of piperazine rings is 1. The average Bonchev–Trinajstić information content (AvgIpc) is 2.68. The van der Waals surface area contributed by atoms with Gasteiger partial charge in [0, 0.05) is 32.7 Å². The summed E-state index contributed by atoms with van der Waals surface area (Å²) in [5, 5.41) is 4.12. The highest BCUT2D eigenvalue weighted by atomic mass is 35.5. The molecule has 0 saturated carbocycles. The first-order valence-corrected chi connectivity index (χ1v) is 10.2. The summed E-state index contributed by atoms with van der Waals surface area (Å²) in [7, 11) is 0. The van der Waals surface area contributed by atoms with Gasteiger partial charge in [-0.05, 0) is 36.8 Å². The lowest BCUT2D eigenvalue weighted by Crippen LogP contribution is -2.48. The number of rotatable bonds is 7. The maximum absolute atomic E-state index is 12.4. The van der Waals surface area contributed by atoms with Gasteiger partial charge in [-0.3, -0.25) is 14.6 Å². The molecule has 150 valence electrons. The zero-order valence-corrected chi connectivity index (χ0v) is 17.5. The third-order valence-electron chi connectivity index (χ3n) is 4.68. The molecule has 1 fully saturated rings. The van der Waals surface area contributed by atoms with Gasteiger partial charge in [-0.2, -0.15) is 0 Å².